The molecule has 6 nitrogen and oxygen atoms in total. The molecule has 3 N–H and O–H groups in total. The molecular formula is C22H36ClFN4O2. The number of nitrogens with one attached hydrogen (secondary N) is 2. The number of aliphatic hydroxyl groups is 1. The van der Waals surface area contributed by atoms with Crippen LogP contribution in [0.15, 0.2) is 0 Å². The maximum atomic E-state index is 14.4. The second kappa shape index (κ2) is 8.14. The summed E-state index contributed by atoms with van der Waals surface area (Å²) >= 11 is 6.27. The Morgan fingerprint density at radius 2 is 1.87 bits per heavy atom. The molecule has 6 atom stereocenters. The summed E-state index contributed by atoms with van der Waals surface area (Å²) in [5.41, 5.74) is -0.590. The van der Waals surface area contributed by atoms with Gasteiger partial charge in [0.2, 0.25) is 5.91 Å². The van der Waals surface area contributed by atoms with Crippen LogP contribution in [0.5, 0.6) is 0 Å². The lowest BCUT2D eigenvalue weighted by Crippen LogP contribution is -2.60. The summed E-state index contributed by atoms with van der Waals surface area (Å²) in [5.74, 6) is 0.0742. The van der Waals surface area contributed by atoms with Crippen LogP contribution in [0.25, 0.3) is 0 Å². The van der Waals surface area contributed by atoms with Crippen LogP contribution < -0.4 is 10.6 Å². The van der Waals surface area contributed by atoms with E-state index in [2.05, 4.69) is 27.4 Å². The highest BCUT2D eigenvalue weighted by Crippen LogP contribution is 2.43. The fraction of sp³-hybridized carbons (Fsp3) is 0.955. The maximum absolute atomic E-state index is 14.4. The summed E-state index contributed by atoms with van der Waals surface area (Å²) in [6.07, 6.45) is 5.49. The Bertz CT molecular complexity index is 653. The summed E-state index contributed by atoms with van der Waals surface area (Å²) in [6.45, 7) is 4.41. The molecule has 3 aliphatic heterocycles. The monoisotopic (exact) mass is 442 g/mol. The molecule has 0 radical (unpaired) electrons. The van der Waals surface area contributed by atoms with Crippen molar-refractivity contribution >= 4 is 17.5 Å². The van der Waals surface area contributed by atoms with Crippen molar-refractivity contribution in [1.82, 2.24) is 20.4 Å². The van der Waals surface area contributed by atoms with Gasteiger partial charge in [0, 0.05) is 43.1 Å². The molecule has 2 aliphatic carbocycles. The van der Waals surface area contributed by atoms with Crippen LogP contribution in [0.3, 0.4) is 0 Å². The molecule has 0 aromatic carbocycles. The van der Waals surface area contributed by atoms with E-state index in [1.165, 1.54) is 0 Å². The van der Waals surface area contributed by atoms with Crippen LogP contribution in [-0.2, 0) is 4.79 Å². The number of piperidine rings is 1. The number of nitrogens with zero attached hydrogens (tertiary/aromatic N) is 2. The second-order valence-corrected chi connectivity index (χ2v) is 11.1. The highest BCUT2D eigenvalue weighted by Gasteiger charge is 2.55. The van der Waals surface area contributed by atoms with Gasteiger partial charge in [0.05, 0.1) is 11.5 Å². The lowest BCUT2D eigenvalue weighted by atomic mass is 9.72. The van der Waals surface area contributed by atoms with Crippen molar-refractivity contribution < 1.29 is 14.3 Å². The van der Waals surface area contributed by atoms with E-state index < -0.39 is 11.8 Å². The number of carbonyl (C=O) groups excluding carboxylic acids is 1. The minimum atomic E-state index is -0.924. The molecule has 3 heterocycles. The fourth-order valence-corrected chi connectivity index (χ4v) is 7.21. The van der Waals surface area contributed by atoms with Crippen molar-refractivity contribution in [2.75, 3.05) is 19.6 Å². The zero-order chi connectivity index (χ0) is 21.0. The quantitative estimate of drug-likeness (QED) is 0.569. The lowest BCUT2D eigenvalue weighted by Gasteiger charge is -2.48. The molecule has 0 spiro atoms. The van der Waals surface area contributed by atoms with E-state index in [0.29, 0.717) is 25.3 Å². The number of amides is 1. The summed E-state index contributed by atoms with van der Waals surface area (Å²) in [6, 6.07) is 0.261. The van der Waals surface area contributed by atoms with Crippen molar-refractivity contribution in [3.8, 4) is 0 Å². The van der Waals surface area contributed by atoms with Gasteiger partial charge in [0.1, 0.15) is 12.5 Å². The third-order valence-corrected chi connectivity index (χ3v) is 9.11. The summed E-state index contributed by atoms with van der Waals surface area (Å²) < 4.78 is 14.4. The molecule has 0 aromatic rings. The zero-order valence-corrected chi connectivity index (χ0v) is 18.7. The predicted molar refractivity (Wildman–Crippen MR) is 114 cm³/mol. The smallest absolute Gasteiger partial charge is 0.224 e. The minimum absolute atomic E-state index is 0.00654. The number of hydrogen-bond donors (Lipinski definition) is 3. The Morgan fingerprint density at radius 1 is 1.17 bits per heavy atom. The minimum Gasteiger partial charge on any atom is -0.390 e. The van der Waals surface area contributed by atoms with Crippen molar-refractivity contribution in [2.24, 2.45) is 11.8 Å². The van der Waals surface area contributed by atoms with Gasteiger partial charge in [-0.2, -0.15) is 0 Å². The number of alkyl halides is 2. The number of likely N-dealkylation sites (tertiary alicyclic amines) is 1. The third-order valence-electron chi connectivity index (χ3n) is 8.68. The Balaban J connectivity index is 1.30. The van der Waals surface area contributed by atoms with E-state index in [0.717, 1.165) is 51.6 Å². The van der Waals surface area contributed by atoms with Gasteiger partial charge in [-0.1, -0.05) is 0 Å². The predicted octanol–water partition coefficient (Wildman–Crippen LogP) is 1.80. The van der Waals surface area contributed by atoms with Crippen molar-refractivity contribution in [2.45, 2.75) is 99.9 Å². The van der Waals surface area contributed by atoms with Crippen molar-refractivity contribution in [3.63, 3.8) is 0 Å². The molecule has 0 bridgehead atoms. The molecule has 5 unspecified atom stereocenters. The third kappa shape index (κ3) is 3.68. The molecule has 30 heavy (non-hydrogen) atoms. The molecule has 0 aromatic heterocycles. The van der Waals surface area contributed by atoms with Crippen LogP contribution in [0.4, 0.5) is 4.39 Å². The first-order valence-electron chi connectivity index (χ1n) is 11.9. The van der Waals surface area contributed by atoms with E-state index in [9.17, 15) is 14.3 Å². The summed E-state index contributed by atoms with van der Waals surface area (Å²) in [5, 5.41) is 18.4. The standard InChI is InChI=1S/C22H36ClFN4O2/c1-13-12-25-20(29)17-10-16(24)11-18-19(17)28(13)21(26-18)27-8-6-22(30,7-9-27)14-2-4-15(23)5-3-14/h13-19,21,26,30H,2-12H2,1H3,(H,25,29)/t13-,14?,15?,16?,17?,18?,19?,21?/m0/s1. The highest BCUT2D eigenvalue weighted by molar-refractivity contribution is 6.20. The molecule has 1 amide bonds. The second-order valence-electron chi connectivity index (χ2n) is 10.4. The number of carbonyl (C=O) groups is 1. The van der Waals surface area contributed by atoms with Crippen LogP contribution >= 0.6 is 11.6 Å². The molecule has 3 saturated heterocycles. The van der Waals surface area contributed by atoms with Crippen molar-refractivity contribution in [3.05, 3.63) is 0 Å². The highest BCUT2D eigenvalue weighted by atomic mass is 35.5. The number of rotatable bonds is 2. The molecule has 5 rings (SSSR count). The van der Waals surface area contributed by atoms with E-state index in [1.807, 2.05) is 0 Å². The Hall–Kier alpha value is -0.470. The van der Waals surface area contributed by atoms with Gasteiger partial charge in [-0.15, -0.1) is 11.6 Å². The van der Waals surface area contributed by atoms with E-state index in [1.54, 1.807) is 0 Å². The van der Waals surface area contributed by atoms with Gasteiger partial charge in [-0.3, -0.25) is 19.9 Å². The van der Waals surface area contributed by atoms with Gasteiger partial charge >= 0.3 is 0 Å². The van der Waals surface area contributed by atoms with Crippen LogP contribution in [0.2, 0.25) is 0 Å². The lowest BCUT2D eigenvalue weighted by molar-refractivity contribution is -0.128. The van der Waals surface area contributed by atoms with Gasteiger partial charge < -0.3 is 10.4 Å². The Morgan fingerprint density at radius 3 is 2.57 bits per heavy atom. The normalized spacial score (nSPS) is 47.4. The fourth-order valence-electron chi connectivity index (χ4n) is 6.96. The average molecular weight is 443 g/mol. The van der Waals surface area contributed by atoms with Crippen LogP contribution in [0.1, 0.15) is 58.3 Å². The number of hydrogen-bond acceptors (Lipinski definition) is 5. The first-order valence-corrected chi connectivity index (χ1v) is 12.3. The summed E-state index contributed by atoms with van der Waals surface area (Å²) in [7, 11) is 0. The van der Waals surface area contributed by atoms with Gasteiger partial charge in [-0.25, -0.2) is 4.39 Å². The van der Waals surface area contributed by atoms with Gasteiger partial charge in [-0.05, 0) is 64.2 Å². The largest absolute Gasteiger partial charge is 0.390 e. The van der Waals surface area contributed by atoms with E-state index >= 15 is 0 Å². The van der Waals surface area contributed by atoms with Crippen molar-refractivity contribution in [1.29, 1.82) is 0 Å². The summed E-state index contributed by atoms with van der Waals surface area (Å²) in [4.78, 5) is 17.5. The van der Waals surface area contributed by atoms with Crippen LogP contribution in [0, 0.1) is 11.8 Å². The van der Waals surface area contributed by atoms with Crippen LogP contribution in [-0.4, -0.2) is 82.0 Å². The maximum Gasteiger partial charge on any atom is 0.224 e. The first kappa shape index (κ1) is 21.4. The molecule has 170 valence electrons. The molecule has 2 saturated carbocycles. The number of halogens is 2. The molecule has 5 fully saturated rings. The Labute approximate surface area is 183 Å². The van der Waals surface area contributed by atoms with E-state index in [-0.39, 0.29) is 41.6 Å². The zero-order valence-electron chi connectivity index (χ0n) is 17.9. The Kier molecular flexibility index (Phi) is 5.80. The van der Waals surface area contributed by atoms with Gasteiger partial charge in [0.25, 0.3) is 0 Å². The topological polar surface area (TPSA) is 67.8 Å². The molecule has 5 aliphatic rings. The first-order chi connectivity index (χ1) is 14.4. The molecule has 8 heteroatoms. The average Bonchev–Trinajstić information content (AvgIpc) is 3.05. The molecular weight excluding hydrogens is 407 g/mol. The van der Waals surface area contributed by atoms with E-state index in [4.69, 9.17) is 11.6 Å². The van der Waals surface area contributed by atoms with Gasteiger partial charge in [0.15, 0.2) is 0 Å². The SMILES string of the molecule is C[C@H]1CNC(=O)C2CC(F)CC3NC(N4CCC(O)(C5CCC(Cl)CC5)CC4)N1C32.